The third kappa shape index (κ3) is 5.59. The van der Waals surface area contributed by atoms with Gasteiger partial charge in [0.05, 0.1) is 11.4 Å². The van der Waals surface area contributed by atoms with Crippen LogP contribution >= 0.6 is 0 Å². The number of ether oxygens (including phenoxy) is 2. The molecule has 178 valence electrons. The lowest BCUT2D eigenvalue weighted by molar-refractivity contribution is -0.118. The van der Waals surface area contributed by atoms with Crippen LogP contribution in [-0.4, -0.2) is 33.5 Å². The number of nitrogens with zero attached hydrogens (tertiary/aromatic N) is 2. The molecule has 35 heavy (non-hydrogen) atoms. The van der Waals surface area contributed by atoms with Gasteiger partial charge < -0.3 is 25.7 Å². The van der Waals surface area contributed by atoms with E-state index in [-0.39, 0.29) is 18.3 Å². The second-order valence-corrected chi connectivity index (χ2v) is 7.75. The summed E-state index contributed by atoms with van der Waals surface area (Å²) in [6.45, 7) is 3.41. The van der Waals surface area contributed by atoms with Crippen molar-refractivity contribution in [1.29, 1.82) is 0 Å². The van der Waals surface area contributed by atoms with Crippen molar-refractivity contribution in [3.8, 4) is 34.3 Å². The fourth-order valence-corrected chi connectivity index (χ4v) is 3.35. The van der Waals surface area contributed by atoms with E-state index in [0.717, 1.165) is 11.3 Å². The molecule has 0 aliphatic rings. The maximum absolute atomic E-state index is 12.3. The molecule has 9 heteroatoms. The summed E-state index contributed by atoms with van der Waals surface area (Å²) in [5, 5.41) is 24.2. The quantitative estimate of drug-likeness (QED) is 0.169. The minimum absolute atomic E-state index is 0.0557. The third-order valence-electron chi connectivity index (χ3n) is 5.23. The van der Waals surface area contributed by atoms with Crippen LogP contribution in [0.25, 0.3) is 11.3 Å². The Kier molecular flexibility index (Phi) is 6.96. The molecule has 0 unspecified atom stereocenters. The zero-order chi connectivity index (χ0) is 24.8. The predicted octanol–water partition coefficient (Wildman–Crippen LogP) is 4.58. The number of nitrogens with one attached hydrogen (secondary N) is 2. The molecule has 5 N–H and O–H groups in total. The number of rotatable bonds is 8. The molecular formula is C26H25N5O4. The molecule has 4 rings (SSSR count). The summed E-state index contributed by atoms with van der Waals surface area (Å²) in [5.74, 6) is 6.39. The Hall–Kier alpha value is -4.79. The summed E-state index contributed by atoms with van der Waals surface area (Å²) in [6.07, 6.45) is 0. The van der Waals surface area contributed by atoms with Crippen molar-refractivity contribution in [3.63, 3.8) is 0 Å². The van der Waals surface area contributed by atoms with Crippen LogP contribution in [0.2, 0.25) is 0 Å². The molecule has 1 aromatic heterocycles. The lowest BCUT2D eigenvalue weighted by Gasteiger charge is -2.11. The van der Waals surface area contributed by atoms with Crippen molar-refractivity contribution in [1.82, 2.24) is 10.2 Å². The highest BCUT2D eigenvalue weighted by molar-refractivity contribution is 5.99. The van der Waals surface area contributed by atoms with Crippen molar-refractivity contribution in [3.05, 3.63) is 84.1 Å². The van der Waals surface area contributed by atoms with Gasteiger partial charge in [0.25, 0.3) is 5.91 Å². The van der Waals surface area contributed by atoms with E-state index in [1.165, 1.54) is 6.07 Å². The van der Waals surface area contributed by atoms with Gasteiger partial charge in [-0.2, -0.15) is 10.2 Å². The van der Waals surface area contributed by atoms with Crippen molar-refractivity contribution in [2.75, 3.05) is 11.9 Å². The highest BCUT2D eigenvalue weighted by Gasteiger charge is 2.18. The normalized spacial score (nSPS) is 11.2. The highest BCUT2D eigenvalue weighted by Crippen LogP contribution is 2.39. The number of hydrogen-bond acceptors (Lipinski definition) is 7. The van der Waals surface area contributed by atoms with Gasteiger partial charge in [0, 0.05) is 17.3 Å². The van der Waals surface area contributed by atoms with E-state index in [1.807, 2.05) is 49.4 Å². The van der Waals surface area contributed by atoms with E-state index in [2.05, 4.69) is 20.6 Å². The summed E-state index contributed by atoms with van der Waals surface area (Å²) >= 11 is 0. The van der Waals surface area contributed by atoms with Crippen LogP contribution in [0.1, 0.15) is 18.2 Å². The number of aromatic hydroxyl groups is 1. The third-order valence-corrected chi connectivity index (χ3v) is 5.23. The van der Waals surface area contributed by atoms with E-state index in [9.17, 15) is 9.90 Å². The molecule has 4 aromatic rings. The van der Waals surface area contributed by atoms with E-state index < -0.39 is 0 Å². The van der Waals surface area contributed by atoms with Crippen molar-refractivity contribution >= 4 is 17.3 Å². The Labute approximate surface area is 202 Å². The van der Waals surface area contributed by atoms with Gasteiger partial charge in [-0.3, -0.25) is 9.89 Å². The number of H-pyrrole nitrogens is 1. The number of phenols is 1. The molecule has 0 atom stereocenters. The molecule has 1 amide bonds. The van der Waals surface area contributed by atoms with Crippen LogP contribution in [0.4, 0.5) is 5.69 Å². The number of amides is 1. The minimum Gasteiger partial charge on any atom is -0.507 e. The van der Waals surface area contributed by atoms with E-state index in [4.69, 9.17) is 15.3 Å². The number of phenolic OH excluding ortho intramolecular Hbond substituents is 1. The van der Waals surface area contributed by atoms with Gasteiger partial charge >= 0.3 is 0 Å². The Balaban J connectivity index is 1.41. The van der Waals surface area contributed by atoms with Gasteiger partial charge in [-0.15, -0.1) is 0 Å². The Morgan fingerprint density at radius 2 is 1.83 bits per heavy atom. The van der Waals surface area contributed by atoms with Crippen LogP contribution in [0, 0.1) is 6.92 Å². The smallest absolute Gasteiger partial charge is 0.262 e. The Morgan fingerprint density at radius 3 is 2.51 bits per heavy atom. The van der Waals surface area contributed by atoms with Crippen LogP contribution in [-0.2, 0) is 4.79 Å². The molecule has 0 saturated heterocycles. The molecule has 0 aliphatic heterocycles. The second kappa shape index (κ2) is 10.4. The maximum atomic E-state index is 12.3. The van der Waals surface area contributed by atoms with Gasteiger partial charge in [-0.05, 0) is 55.8 Å². The van der Waals surface area contributed by atoms with E-state index >= 15 is 0 Å². The first-order chi connectivity index (χ1) is 16.9. The second-order valence-electron chi connectivity index (χ2n) is 7.75. The lowest BCUT2D eigenvalue weighted by Crippen LogP contribution is -2.20. The van der Waals surface area contributed by atoms with Crippen LogP contribution in [0.15, 0.2) is 77.9 Å². The zero-order valence-corrected chi connectivity index (χ0v) is 19.3. The lowest BCUT2D eigenvalue weighted by atomic mass is 10.1. The number of para-hydroxylation sites is 1. The Morgan fingerprint density at radius 1 is 1.09 bits per heavy atom. The molecule has 0 spiro atoms. The van der Waals surface area contributed by atoms with Gasteiger partial charge in [-0.25, -0.2) is 0 Å². The number of aromatic amines is 1. The molecule has 9 nitrogen and oxygen atoms in total. The fourth-order valence-electron chi connectivity index (χ4n) is 3.35. The number of carbonyl (C=O) groups excluding carboxylic acids is 1. The molecule has 0 aliphatic carbocycles. The number of nitrogens with two attached hydrogens (primary N) is 1. The molecule has 0 saturated carbocycles. The molecule has 0 bridgehead atoms. The number of hydrogen-bond donors (Lipinski definition) is 4. The summed E-state index contributed by atoms with van der Waals surface area (Å²) in [5.41, 5.74) is 3.82. The minimum atomic E-state index is -0.341. The predicted molar refractivity (Wildman–Crippen MR) is 134 cm³/mol. The number of aromatic nitrogens is 2. The zero-order valence-electron chi connectivity index (χ0n) is 19.3. The fraction of sp³-hybridized carbons (Fsp3) is 0.115. The number of aryl methyl sites for hydroxylation is 1. The van der Waals surface area contributed by atoms with Crippen molar-refractivity contribution in [2.45, 2.75) is 13.8 Å². The molecule has 3 aromatic carbocycles. The van der Waals surface area contributed by atoms with Crippen LogP contribution < -0.4 is 20.6 Å². The van der Waals surface area contributed by atoms with Gasteiger partial charge in [-0.1, -0.05) is 30.3 Å². The van der Waals surface area contributed by atoms with Crippen LogP contribution in [0.5, 0.6) is 23.0 Å². The summed E-state index contributed by atoms with van der Waals surface area (Å²) < 4.78 is 11.5. The van der Waals surface area contributed by atoms with Crippen molar-refractivity contribution in [2.24, 2.45) is 10.9 Å². The summed E-state index contributed by atoms with van der Waals surface area (Å²) in [4.78, 5) is 12.3. The average Bonchev–Trinajstić information content (AvgIpc) is 3.23. The van der Waals surface area contributed by atoms with Gasteiger partial charge in [0.15, 0.2) is 12.4 Å². The summed E-state index contributed by atoms with van der Waals surface area (Å²) in [7, 11) is 0. The van der Waals surface area contributed by atoms with Gasteiger partial charge in [0.2, 0.25) is 0 Å². The highest BCUT2D eigenvalue weighted by atomic mass is 16.5. The first kappa shape index (κ1) is 23.4. The molecule has 0 fully saturated rings. The van der Waals surface area contributed by atoms with E-state index in [0.29, 0.717) is 39.9 Å². The average molecular weight is 472 g/mol. The molecular weight excluding hydrogens is 446 g/mol. The molecule has 1 heterocycles. The number of anilines is 1. The first-order valence-electron chi connectivity index (χ1n) is 10.8. The molecule has 0 radical (unpaired) electrons. The SMILES string of the molecule is C/C(=N/N)c1ccc(NC(=O)COc2ccc(-c3n[nH]c(C)c3Oc3ccccc3)c(O)c2)cc1. The monoisotopic (exact) mass is 471 g/mol. The Bertz CT molecular complexity index is 1350. The van der Waals surface area contributed by atoms with Gasteiger partial charge in [0.1, 0.15) is 22.9 Å². The topological polar surface area (TPSA) is 135 Å². The van der Waals surface area contributed by atoms with E-state index in [1.54, 1.807) is 31.2 Å². The first-order valence-corrected chi connectivity index (χ1v) is 10.8. The number of carbonyl (C=O) groups is 1. The maximum Gasteiger partial charge on any atom is 0.262 e. The van der Waals surface area contributed by atoms with Crippen molar-refractivity contribution < 1.29 is 19.4 Å². The van der Waals surface area contributed by atoms with Crippen LogP contribution in [0.3, 0.4) is 0 Å². The number of hydrazone groups is 1. The standard InChI is InChI=1S/C26H25N5O4/c1-16(29-27)18-8-10-19(11-9-18)28-24(33)15-34-21-12-13-22(23(32)14-21)25-26(17(2)30-31-25)35-20-6-4-3-5-7-20/h3-14,32H,15,27H2,1-2H3,(H,28,33)(H,30,31)/b29-16-. The summed E-state index contributed by atoms with van der Waals surface area (Å²) in [6, 6.07) is 21.2. The number of benzene rings is 3. The largest absolute Gasteiger partial charge is 0.507 e.